The fourth-order valence-electron chi connectivity index (χ4n) is 3.03. The van der Waals surface area contributed by atoms with E-state index in [0.717, 1.165) is 5.69 Å². The van der Waals surface area contributed by atoms with Crippen LogP contribution in [0.15, 0.2) is 54.6 Å². The molecule has 26 heavy (non-hydrogen) atoms. The van der Waals surface area contributed by atoms with E-state index in [1.807, 2.05) is 37.3 Å². The third kappa shape index (κ3) is 4.03. The number of urea groups is 1. The van der Waals surface area contributed by atoms with Gasteiger partial charge in [0.15, 0.2) is 0 Å². The first-order valence-electron chi connectivity index (χ1n) is 8.79. The molecule has 0 bridgehead atoms. The average molecular weight is 353 g/mol. The van der Waals surface area contributed by atoms with Crippen LogP contribution in [0.2, 0.25) is 0 Å². The molecule has 3 rings (SSSR count). The van der Waals surface area contributed by atoms with E-state index in [1.165, 1.54) is 0 Å². The van der Waals surface area contributed by atoms with Gasteiger partial charge in [-0.1, -0.05) is 18.2 Å². The molecule has 2 aromatic carbocycles. The van der Waals surface area contributed by atoms with Crippen LogP contribution in [0.3, 0.4) is 0 Å². The Morgan fingerprint density at radius 3 is 2.42 bits per heavy atom. The normalized spacial score (nSPS) is 16.4. The monoisotopic (exact) mass is 353 g/mol. The van der Waals surface area contributed by atoms with E-state index in [1.54, 1.807) is 34.1 Å². The number of anilines is 2. The summed E-state index contributed by atoms with van der Waals surface area (Å²) >= 11 is 0. The Hall–Kier alpha value is -2.86. The number of aliphatic hydroxyl groups is 1. The Morgan fingerprint density at radius 1 is 1.15 bits per heavy atom. The van der Waals surface area contributed by atoms with Gasteiger partial charge in [0.1, 0.15) is 0 Å². The van der Waals surface area contributed by atoms with Gasteiger partial charge >= 0.3 is 6.03 Å². The Kier molecular flexibility index (Phi) is 5.53. The minimum Gasteiger partial charge on any atom is -0.391 e. The van der Waals surface area contributed by atoms with Gasteiger partial charge in [-0.15, -0.1) is 0 Å². The Labute approximate surface area is 153 Å². The lowest BCUT2D eigenvalue weighted by Gasteiger charge is -2.21. The molecule has 1 fully saturated rings. The molecule has 0 radical (unpaired) electrons. The molecule has 1 saturated heterocycles. The van der Waals surface area contributed by atoms with Crippen molar-refractivity contribution < 1.29 is 14.7 Å². The molecule has 1 aliphatic rings. The van der Waals surface area contributed by atoms with Crippen LogP contribution < -0.4 is 10.2 Å². The number of carbonyl (C=O) groups excluding carboxylic acids is 2. The molecule has 1 atom stereocenters. The van der Waals surface area contributed by atoms with Crippen molar-refractivity contribution in [3.63, 3.8) is 0 Å². The molecular weight excluding hydrogens is 330 g/mol. The maximum absolute atomic E-state index is 12.8. The largest absolute Gasteiger partial charge is 0.391 e. The van der Waals surface area contributed by atoms with E-state index in [4.69, 9.17) is 0 Å². The molecule has 0 aliphatic carbocycles. The number of nitrogens with zero attached hydrogens (tertiary/aromatic N) is 2. The highest BCUT2D eigenvalue weighted by Gasteiger charge is 2.24. The van der Waals surface area contributed by atoms with Crippen LogP contribution in [-0.4, -0.2) is 47.7 Å². The predicted molar refractivity (Wildman–Crippen MR) is 101 cm³/mol. The van der Waals surface area contributed by atoms with E-state index < -0.39 is 6.10 Å². The number of aliphatic hydroxyl groups excluding tert-OH is 1. The lowest BCUT2D eigenvalue weighted by molar-refractivity contribution is 0.0988. The van der Waals surface area contributed by atoms with Crippen molar-refractivity contribution in [2.45, 2.75) is 19.4 Å². The molecule has 6 nitrogen and oxygen atoms in total. The maximum atomic E-state index is 12.8. The summed E-state index contributed by atoms with van der Waals surface area (Å²) in [5.74, 6) is -0.0840. The second kappa shape index (κ2) is 8.01. The zero-order valence-corrected chi connectivity index (χ0v) is 14.8. The van der Waals surface area contributed by atoms with Crippen molar-refractivity contribution in [1.29, 1.82) is 0 Å². The molecule has 0 aromatic heterocycles. The first-order chi connectivity index (χ1) is 12.6. The summed E-state index contributed by atoms with van der Waals surface area (Å²) in [7, 11) is 0. The summed E-state index contributed by atoms with van der Waals surface area (Å²) < 4.78 is 0. The second-order valence-corrected chi connectivity index (χ2v) is 6.28. The van der Waals surface area contributed by atoms with E-state index in [9.17, 15) is 14.7 Å². The molecule has 0 unspecified atom stereocenters. The topological polar surface area (TPSA) is 72.9 Å². The summed E-state index contributed by atoms with van der Waals surface area (Å²) in [6.07, 6.45) is 0.159. The smallest absolute Gasteiger partial charge is 0.321 e. The third-order valence-corrected chi connectivity index (χ3v) is 4.46. The van der Waals surface area contributed by atoms with Gasteiger partial charge in [0.2, 0.25) is 0 Å². The van der Waals surface area contributed by atoms with E-state index >= 15 is 0 Å². The zero-order valence-electron chi connectivity index (χ0n) is 14.8. The minimum absolute atomic E-state index is 0.0840. The molecule has 136 valence electrons. The van der Waals surface area contributed by atoms with Gasteiger partial charge < -0.3 is 20.2 Å². The first kappa shape index (κ1) is 17.9. The zero-order chi connectivity index (χ0) is 18.5. The van der Waals surface area contributed by atoms with Crippen LogP contribution in [0.25, 0.3) is 0 Å². The van der Waals surface area contributed by atoms with E-state index in [2.05, 4.69) is 5.32 Å². The summed E-state index contributed by atoms with van der Waals surface area (Å²) in [5.41, 5.74) is 2.03. The number of benzene rings is 2. The van der Waals surface area contributed by atoms with Gasteiger partial charge in [-0.2, -0.15) is 0 Å². The number of carbonyl (C=O) groups is 2. The summed E-state index contributed by atoms with van der Waals surface area (Å²) in [4.78, 5) is 28.2. The highest BCUT2D eigenvalue weighted by Crippen LogP contribution is 2.19. The van der Waals surface area contributed by atoms with Gasteiger partial charge in [0.05, 0.1) is 6.10 Å². The lowest BCUT2D eigenvalue weighted by Crippen LogP contribution is -2.33. The Bertz CT molecular complexity index is 762. The fraction of sp³-hybridized carbons (Fsp3) is 0.300. The van der Waals surface area contributed by atoms with E-state index in [0.29, 0.717) is 37.3 Å². The molecule has 0 spiro atoms. The number of amides is 3. The maximum Gasteiger partial charge on any atom is 0.321 e. The van der Waals surface area contributed by atoms with Gasteiger partial charge in [-0.05, 0) is 49.7 Å². The number of likely N-dealkylation sites (tertiary alicyclic amines) is 1. The van der Waals surface area contributed by atoms with Crippen molar-refractivity contribution in [1.82, 2.24) is 4.90 Å². The van der Waals surface area contributed by atoms with E-state index in [-0.39, 0.29) is 11.9 Å². The lowest BCUT2D eigenvalue weighted by atomic mass is 10.1. The first-order valence-corrected chi connectivity index (χ1v) is 8.79. The highest BCUT2D eigenvalue weighted by atomic mass is 16.3. The van der Waals surface area contributed by atoms with Gasteiger partial charge in [0.25, 0.3) is 5.91 Å². The molecule has 1 heterocycles. The quantitative estimate of drug-likeness (QED) is 0.888. The van der Waals surface area contributed by atoms with Crippen LogP contribution in [0.5, 0.6) is 0 Å². The Morgan fingerprint density at radius 2 is 1.85 bits per heavy atom. The molecule has 0 saturated carbocycles. The average Bonchev–Trinajstić information content (AvgIpc) is 3.10. The number of nitrogens with one attached hydrogen (secondary N) is 1. The molecule has 3 amide bonds. The van der Waals surface area contributed by atoms with Crippen molar-refractivity contribution in [2.24, 2.45) is 0 Å². The summed E-state index contributed by atoms with van der Waals surface area (Å²) in [6, 6.07) is 16.1. The Balaban J connectivity index is 1.67. The summed E-state index contributed by atoms with van der Waals surface area (Å²) in [5, 5.41) is 12.3. The number of para-hydroxylation sites is 1. The molecule has 1 aliphatic heterocycles. The minimum atomic E-state index is -0.446. The second-order valence-electron chi connectivity index (χ2n) is 6.28. The number of β-amino-alcohol motifs (C(OH)–C–C–N with tert-alkyl or cyclic N) is 1. The molecule has 2 N–H and O–H groups in total. The summed E-state index contributed by atoms with van der Waals surface area (Å²) in [6.45, 7) is 3.40. The third-order valence-electron chi connectivity index (χ3n) is 4.46. The number of hydrogen-bond acceptors (Lipinski definition) is 3. The van der Waals surface area contributed by atoms with Crippen LogP contribution >= 0.6 is 0 Å². The predicted octanol–water partition coefficient (Wildman–Crippen LogP) is 2.95. The van der Waals surface area contributed by atoms with Gasteiger partial charge in [-0.25, -0.2) is 4.79 Å². The number of rotatable bonds is 4. The highest BCUT2D eigenvalue weighted by molar-refractivity contribution is 6.06. The SMILES string of the molecule is CCN(C(=O)c1ccc(NC(=O)N2CC[C@@H](O)C2)cc1)c1ccccc1. The van der Waals surface area contributed by atoms with Gasteiger partial charge in [0, 0.05) is 36.6 Å². The van der Waals surface area contributed by atoms with Gasteiger partial charge in [-0.3, -0.25) is 4.79 Å². The molecule has 2 aromatic rings. The molecule has 6 heteroatoms. The van der Waals surface area contributed by atoms with Crippen LogP contribution in [0.1, 0.15) is 23.7 Å². The van der Waals surface area contributed by atoms with Crippen molar-refractivity contribution in [3.8, 4) is 0 Å². The number of hydrogen-bond donors (Lipinski definition) is 2. The molecular formula is C20H23N3O3. The van der Waals surface area contributed by atoms with Crippen molar-refractivity contribution in [3.05, 3.63) is 60.2 Å². The van der Waals surface area contributed by atoms with Crippen molar-refractivity contribution >= 4 is 23.3 Å². The standard InChI is InChI=1S/C20H23N3O3/c1-2-23(17-6-4-3-5-7-17)19(25)15-8-10-16(11-9-15)21-20(26)22-13-12-18(24)14-22/h3-11,18,24H,2,12-14H2,1H3,(H,21,26)/t18-/m1/s1. The van der Waals surface area contributed by atoms with Crippen LogP contribution in [0.4, 0.5) is 16.2 Å². The fourth-order valence-corrected chi connectivity index (χ4v) is 3.03. The van der Waals surface area contributed by atoms with Crippen molar-refractivity contribution in [2.75, 3.05) is 29.9 Å². The van der Waals surface area contributed by atoms with Crippen LogP contribution in [0, 0.1) is 0 Å². The van der Waals surface area contributed by atoms with Crippen LogP contribution in [-0.2, 0) is 0 Å².